The SMILES string of the molecule is O=C1c2ccccc2C(=O)N1CCCC#Cc1cnc(Nc2ccnc(F)c2)nc1N1CCCC1. The van der Waals surface area contributed by atoms with Crippen LogP contribution in [0.3, 0.4) is 0 Å². The molecule has 0 spiro atoms. The predicted molar refractivity (Wildman–Crippen MR) is 129 cm³/mol. The summed E-state index contributed by atoms with van der Waals surface area (Å²) in [7, 11) is 0. The monoisotopic (exact) mass is 470 g/mol. The Balaban J connectivity index is 1.26. The van der Waals surface area contributed by atoms with Crippen LogP contribution in [0.2, 0.25) is 0 Å². The molecular weight excluding hydrogens is 447 g/mol. The lowest BCUT2D eigenvalue weighted by Gasteiger charge is -2.18. The summed E-state index contributed by atoms with van der Waals surface area (Å²) in [5.74, 6) is 6.29. The summed E-state index contributed by atoms with van der Waals surface area (Å²) in [4.78, 5) is 41.0. The molecule has 2 amide bonds. The standard InChI is InChI=1S/C26H23FN6O2/c27-22-16-19(11-12-28-22)30-26-29-17-18(23(31-26)32-13-6-7-14-32)8-2-1-5-15-33-24(34)20-9-3-4-10-21(20)25(33)35/h3-4,9-12,16-17H,1,5-7,13-15H2,(H,28,29,30,31). The van der Waals surface area contributed by atoms with Crippen LogP contribution in [0.15, 0.2) is 48.8 Å². The van der Waals surface area contributed by atoms with Crippen LogP contribution in [0.4, 0.5) is 21.8 Å². The van der Waals surface area contributed by atoms with Crippen LogP contribution in [0.5, 0.6) is 0 Å². The second kappa shape index (κ2) is 9.89. The van der Waals surface area contributed by atoms with Crippen LogP contribution in [0.25, 0.3) is 0 Å². The summed E-state index contributed by atoms with van der Waals surface area (Å²) in [5, 5.41) is 3.01. The van der Waals surface area contributed by atoms with E-state index in [0.29, 0.717) is 47.7 Å². The van der Waals surface area contributed by atoms with Crippen LogP contribution < -0.4 is 10.2 Å². The van der Waals surface area contributed by atoms with Gasteiger partial charge in [0.05, 0.1) is 22.9 Å². The highest BCUT2D eigenvalue weighted by Crippen LogP contribution is 2.25. The van der Waals surface area contributed by atoms with Crippen molar-refractivity contribution in [2.24, 2.45) is 0 Å². The molecule has 2 aliphatic heterocycles. The molecule has 1 saturated heterocycles. The van der Waals surface area contributed by atoms with Gasteiger partial charge in [-0.2, -0.15) is 9.37 Å². The minimum atomic E-state index is -0.585. The number of pyridine rings is 1. The van der Waals surface area contributed by atoms with Gasteiger partial charge >= 0.3 is 0 Å². The van der Waals surface area contributed by atoms with E-state index in [4.69, 9.17) is 0 Å². The molecule has 8 nitrogen and oxygen atoms in total. The van der Waals surface area contributed by atoms with Gasteiger partial charge in [0.2, 0.25) is 11.9 Å². The van der Waals surface area contributed by atoms with E-state index in [0.717, 1.165) is 31.7 Å². The number of carbonyl (C=O) groups is 2. The number of carbonyl (C=O) groups excluding carboxylic acids is 2. The minimum absolute atomic E-state index is 0.250. The number of fused-ring (bicyclic) bond motifs is 1. The first kappa shape index (κ1) is 22.5. The van der Waals surface area contributed by atoms with Gasteiger partial charge in [-0.25, -0.2) is 9.97 Å². The fourth-order valence-corrected chi connectivity index (χ4v) is 4.23. The van der Waals surface area contributed by atoms with E-state index in [1.54, 1.807) is 36.5 Å². The number of benzene rings is 1. The summed E-state index contributed by atoms with van der Waals surface area (Å²) in [6, 6.07) is 9.80. The van der Waals surface area contributed by atoms with Crippen molar-refractivity contribution >= 4 is 29.3 Å². The minimum Gasteiger partial charge on any atom is -0.355 e. The Morgan fingerprint density at radius 2 is 1.77 bits per heavy atom. The summed E-state index contributed by atoms with van der Waals surface area (Å²) in [6.45, 7) is 2.09. The van der Waals surface area contributed by atoms with Crippen LogP contribution in [0, 0.1) is 17.8 Å². The number of hydrogen-bond acceptors (Lipinski definition) is 7. The molecule has 35 heavy (non-hydrogen) atoms. The van der Waals surface area contributed by atoms with E-state index < -0.39 is 5.95 Å². The molecule has 2 aromatic heterocycles. The van der Waals surface area contributed by atoms with Crippen LogP contribution in [-0.2, 0) is 0 Å². The van der Waals surface area contributed by atoms with Crippen LogP contribution >= 0.6 is 0 Å². The second-order valence-electron chi connectivity index (χ2n) is 8.33. The molecule has 0 atom stereocenters. The number of amides is 2. The number of hydrogen-bond donors (Lipinski definition) is 1. The number of imide groups is 1. The largest absolute Gasteiger partial charge is 0.355 e. The van der Waals surface area contributed by atoms with Gasteiger partial charge in [0.1, 0.15) is 5.82 Å². The Kier molecular flexibility index (Phi) is 6.35. The average Bonchev–Trinajstić information content (AvgIpc) is 3.48. The van der Waals surface area contributed by atoms with Crippen molar-refractivity contribution < 1.29 is 14.0 Å². The molecule has 176 valence electrons. The van der Waals surface area contributed by atoms with E-state index in [1.807, 2.05) is 0 Å². The van der Waals surface area contributed by atoms with Crippen molar-refractivity contribution in [3.8, 4) is 11.8 Å². The first-order chi connectivity index (χ1) is 17.1. The van der Waals surface area contributed by atoms with E-state index >= 15 is 0 Å². The van der Waals surface area contributed by atoms with E-state index in [-0.39, 0.29) is 11.8 Å². The summed E-state index contributed by atoms with van der Waals surface area (Å²) >= 11 is 0. The molecule has 9 heteroatoms. The third-order valence-corrected chi connectivity index (χ3v) is 5.94. The first-order valence-electron chi connectivity index (χ1n) is 11.5. The number of anilines is 3. The molecule has 5 rings (SSSR count). The Hall–Kier alpha value is -4.32. The van der Waals surface area contributed by atoms with Crippen molar-refractivity contribution in [1.82, 2.24) is 19.9 Å². The number of rotatable bonds is 6. The first-order valence-corrected chi connectivity index (χ1v) is 11.5. The molecule has 1 N–H and O–H groups in total. The van der Waals surface area contributed by atoms with Crippen molar-refractivity contribution in [3.05, 3.63) is 71.4 Å². The number of halogens is 1. The molecule has 0 saturated carbocycles. The fraction of sp³-hybridized carbons (Fsp3) is 0.269. The van der Waals surface area contributed by atoms with Crippen molar-refractivity contribution in [3.63, 3.8) is 0 Å². The van der Waals surface area contributed by atoms with Gasteiger partial charge in [-0.3, -0.25) is 14.5 Å². The van der Waals surface area contributed by atoms with Crippen molar-refractivity contribution in [2.75, 3.05) is 29.9 Å². The molecule has 2 aliphatic rings. The van der Waals surface area contributed by atoms with Crippen molar-refractivity contribution in [2.45, 2.75) is 25.7 Å². The summed E-state index contributed by atoms with van der Waals surface area (Å²) in [5.41, 5.74) is 2.13. The van der Waals surface area contributed by atoms with Gasteiger partial charge in [0.25, 0.3) is 11.8 Å². The predicted octanol–water partition coefficient (Wildman–Crippen LogP) is 3.78. The third kappa shape index (κ3) is 4.82. The highest BCUT2D eigenvalue weighted by molar-refractivity contribution is 6.21. The highest BCUT2D eigenvalue weighted by Gasteiger charge is 2.34. The van der Waals surface area contributed by atoms with E-state index in [9.17, 15) is 14.0 Å². The quantitative estimate of drug-likeness (QED) is 0.254. The van der Waals surface area contributed by atoms with Gasteiger partial charge in [0.15, 0.2) is 0 Å². The van der Waals surface area contributed by atoms with Gasteiger partial charge in [-0.15, -0.1) is 0 Å². The highest BCUT2D eigenvalue weighted by atomic mass is 19.1. The van der Waals surface area contributed by atoms with E-state index in [1.165, 1.54) is 17.2 Å². The van der Waals surface area contributed by atoms with Gasteiger partial charge in [0, 0.05) is 44.0 Å². The molecule has 0 unspecified atom stereocenters. The van der Waals surface area contributed by atoms with Crippen molar-refractivity contribution in [1.29, 1.82) is 0 Å². The fourth-order valence-electron chi connectivity index (χ4n) is 4.23. The Morgan fingerprint density at radius 3 is 2.49 bits per heavy atom. The maximum absolute atomic E-state index is 13.4. The molecular formula is C26H23FN6O2. The summed E-state index contributed by atoms with van der Waals surface area (Å²) < 4.78 is 13.4. The molecule has 0 aliphatic carbocycles. The summed E-state index contributed by atoms with van der Waals surface area (Å²) in [6.07, 6.45) is 6.29. The maximum Gasteiger partial charge on any atom is 0.261 e. The zero-order chi connectivity index (χ0) is 24.2. The van der Waals surface area contributed by atoms with E-state index in [2.05, 4.69) is 37.0 Å². The zero-order valence-electron chi connectivity index (χ0n) is 19.0. The topological polar surface area (TPSA) is 91.3 Å². The molecule has 0 bridgehead atoms. The van der Waals surface area contributed by atoms with Crippen LogP contribution in [-0.4, -0.2) is 51.3 Å². The van der Waals surface area contributed by atoms with Crippen LogP contribution in [0.1, 0.15) is 52.0 Å². The molecule has 1 aromatic carbocycles. The molecule has 1 fully saturated rings. The number of nitrogens with one attached hydrogen (secondary N) is 1. The Labute approximate surface area is 202 Å². The zero-order valence-corrected chi connectivity index (χ0v) is 19.0. The maximum atomic E-state index is 13.4. The van der Waals surface area contributed by atoms with Gasteiger partial charge in [-0.1, -0.05) is 24.0 Å². The lowest BCUT2D eigenvalue weighted by Crippen LogP contribution is -2.30. The lowest BCUT2D eigenvalue weighted by atomic mass is 10.1. The smallest absolute Gasteiger partial charge is 0.261 e. The third-order valence-electron chi connectivity index (χ3n) is 5.94. The Morgan fingerprint density at radius 1 is 1.03 bits per heavy atom. The number of nitrogens with zero attached hydrogens (tertiary/aromatic N) is 5. The number of aromatic nitrogens is 3. The average molecular weight is 471 g/mol. The molecule has 4 heterocycles. The molecule has 3 aromatic rings. The van der Waals surface area contributed by atoms with Gasteiger partial charge in [-0.05, 0) is 37.5 Å². The van der Waals surface area contributed by atoms with Gasteiger partial charge < -0.3 is 10.2 Å². The molecule has 0 radical (unpaired) electrons. The second-order valence-corrected chi connectivity index (χ2v) is 8.33. The Bertz CT molecular complexity index is 1310. The number of unbranched alkanes of at least 4 members (excludes halogenated alkanes) is 1. The lowest BCUT2D eigenvalue weighted by molar-refractivity contribution is 0.0653. The normalized spacial score (nSPS) is 14.7.